The van der Waals surface area contributed by atoms with Gasteiger partial charge in [-0.3, -0.25) is 0 Å². The van der Waals surface area contributed by atoms with Crippen molar-refractivity contribution in [2.75, 3.05) is 25.1 Å². The van der Waals surface area contributed by atoms with Gasteiger partial charge in [0.05, 0.1) is 17.9 Å². The zero-order chi connectivity index (χ0) is 12.1. The van der Waals surface area contributed by atoms with Gasteiger partial charge < -0.3 is 20.9 Å². The number of benzene rings is 1. The normalized spacial score (nSPS) is 11.6. The fraction of sp³-hybridized carbons (Fsp3) is 0.300. The smallest absolute Gasteiger partial charge is 0.175 e. The number of aliphatic hydroxyl groups is 1. The molecule has 0 spiro atoms. The average Bonchev–Trinajstić information content (AvgIpc) is 2.28. The summed E-state index contributed by atoms with van der Waals surface area (Å²) in [5.41, 5.74) is 5.89. The van der Waals surface area contributed by atoms with E-state index in [1.54, 1.807) is 18.0 Å². The molecule has 16 heavy (non-hydrogen) atoms. The highest BCUT2D eigenvalue weighted by molar-refractivity contribution is 6.02. The van der Waals surface area contributed by atoms with Crippen molar-refractivity contribution in [2.45, 2.75) is 0 Å². The maximum atomic E-state index is 13.5. The van der Waals surface area contributed by atoms with E-state index >= 15 is 0 Å². The molecule has 0 aromatic heterocycles. The van der Waals surface area contributed by atoms with Crippen LogP contribution in [0.25, 0.3) is 0 Å². The molecule has 1 aromatic carbocycles. The van der Waals surface area contributed by atoms with E-state index in [1.165, 1.54) is 12.1 Å². The molecular formula is C10H14FN3O2. The largest absolute Gasteiger partial charge is 0.409 e. The molecule has 0 radical (unpaired) electrons. The fourth-order valence-electron chi connectivity index (χ4n) is 1.40. The van der Waals surface area contributed by atoms with E-state index in [1.807, 2.05) is 0 Å². The number of oxime groups is 1. The SMILES string of the molecule is CN(CCO)c1cccc(F)c1C(N)=NO. The molecule has 0 heterocycles. The van der Waals surface area contributed by atoms with Crippen molar-refractivity contribution in [3.05, 3.63) is 29.6 Å². The van der Waals surface area contributed by atoms with Gasteiger partial charge in [0, 0.05) is 13.6 Å². The van der Waals surface area contributed by atoms with Crippen molar-refractivity contribution in [3.63, 3.8) is 0 Å². The summed E-state index contributed by atoms with van der Waals surface area (Å²) in [7, 11) is 1.68. The summed E-state index contributed by atoms with van der Waals surface area (Å²) in [5, 5.41) is 20.2. The lowest BCUT2D eigenvalue weighted by Gasteiger charge is -2.21. The number of nitrogens with two attached hydrogens (primary N) is 1. The zero-order valence-corrected chi connectivity index (χ0v) is 8.89. The van der Waals surface area contributed by atoms with Gasteiger partial charge in [-0.05, 0) is 12.1 Å². The topological polar surface area (TPSA) is 82.1 Å². The molecule has 0 aliphatic carbocycles. The molecule has 1 aromatic rings. The van der Waals surface area contributed by atoms with Crippen LogP contribution in [-0.2, 0) is 0 Å². The van der Waals surface area contributed by atoms with Crippen molar-refractivity contribution in [1.82, 2.24) is 0 Å². The monoisotopic (exact) mass is 227 g/mol. The Morgan fingerprint density at radius 1 is 1.56 bits per heavy atom. The minimum atomic E-state index is -0.572. The summed E-state index contributed by atoms with van der Waals surface area (Å²) in [5.74, 6) is -0.865. The molecule has 88 valence electrons. The highest BCUT2D eigenvalue weighted by Gasteiger charge is 2.15. The number of rotatable bonds is 4. The first kappa shape index (κ1) is 12.3. The molecule has 0 fully saturated rings. The summed E-state index contributed by atoms with van der Waals surface area (Å²) in [6.07, 6.45) is 0. The minimum Gasteiger partial charge on any atom is -0.409 e. The molecule has 6 heteroatoms. The van der Waals surface area contributed by atoms with Crippen molar-refractivity contribution < 1.29 is 14.7 Å². The first-order valence-corrected chi connectivity index (χ1v) is 4.70. The lowest BCUT2D eigenvalue weighted by Crippen LogP contribution is -2.26. The third kappa shape index (κ3) is 2.40. The Kier molecular flexibility index (Phi) is 4.07. The standard InChI is InChI=1S/C10H14FN3O2/c1-14(5-6-15)8-4-2-3-7(11)9(8)10(12)13-16/h2-4,15-16H,5-6H2,1H3,(H2,12,13). The lowest BCUT2D eigenvalue weighted by molar-refractivity contribution is 0.304. The number of halogens is 1. The number of amidine groups is 1. The summed E-state index contributed by atoms with van der Waals surface area (Å²) < 4.78 is 13.5. The third-order valence-corrected chi connectivity index (χ3v) is 2.20. The van der Waals surface area contributed by atoms with Gasteiger partial charge in [0.25, 0.3) is 0 Å². The molecule has 0 amide bonds. The molecule has 0 saturated carbocycles. The maximum Gasteiger partial charge on any atom is 0.175 e. The van der Waals surface area contributed by atoms with Crippen LogP contribution in [-0.4, -0.2) is 36.3 Å². The van der Waals surface area contributed by atoms with Crippen molar-refractivity contribution >= 4 is 11.5 Å². The van der Waals surface area contributed by atoms with Crippen molar-refractivity contribution in [2.24, 2.45) is 10.9 Å². The van der Waals surface area contributed by atoms with Gasteiger partial charge >= 0.3 is 0 Å². The summed E-state index contributed by atoms with van der Waals surface area (Å²) >= 11 is 0. The molecule has 1 rings (SSSR count). The second kappa shape index (κ2) is 5.32. The Labute approximate surface area is 92.6 Å². The van der Waals surface area contributed by atoms with E-state index in [4.69, 9.17) is 16.0 Å². The van der Waals surface area contributed by atoms with Crippen LogP contribution in [0, 0.1) is 5.82 Å². The summed E-state index contributed by atoms with van der Waals surface area (Å²) in [6.45, 7) is 0.262. The quantitative estimate of drug-likeness (QED) is 0.300. The Bertz CT molecular complexity index is 396. The Morgan fingerprint density at radius 2 is 2.25 bits per heavy atom. The van der Waals surface area contributed by atoms with E-state index in [0.29, 0.717) is 12.2 Å². The average molecular weight is 227 g/mol. The Hall–Kier alpha value is -1.82. The lowest BCUT2D eigenvalue weighted by atomic mass is 10.1. The second-order valence-corrected chi connectivity index (χ2v) is 3.26. The van der Waals surface area contributed by atoms with Gasteiger partial charge in [0.2, 0.25) is 0 Å². The predicted octanol–water partition coefficient (Wildman–Crippen LogP) is 0.349. The maximum absolute atomic E-state index is 13.5. The van der Waals surface area contributed by atoms with Crippen LogP contribution in [0.5, 0.6) is 0 Å². The number of likely N-dealkylation sites (N-methyl/N-ethyl adjacent to an activating group) is 1. The zero-order valence-electron chi connectivity index (χ0n) is 8.89. The van der Waals surface area contributed by atoms with Gasteiger partial charge in [-0.25, -0.2) is 4.39 Å². The van der Waals surface area contributed by atoms with Crippen LogP contribution in [0.1, 0.15) is 5.56 Å². The Balaban J connectivity index is 3.23. The van der Waals surface area contributed by atoms with E-state index < -0.39 is 5.82 Å². The molecule has 0 atom stereocenters. The molecule has 4 N–H and O–H groups in total. The van der Waals surface area contributed by atoms with Crippen molar-refractivity contribution in [1.29, 1.82) is 0 Å². The molecule has 0 aliphatic rings. The number of nitrogens with zero attached hydrogens (tertiary/aromatic N) is 2. The first-order chi connectivity index (χ1) is 7.61. The minimum absolute atomic E-state index is 0.0287. The molecule has 0 bridgehead atoms. The molecule has 0 saturated heterocycles. The highest BCUT2D eigenvalue weighted by atomic mass is 19.1. The fourth-order valence-corrected chi connectivity index (χ4v) is 1.40. The van der Waals surface area contributed by atoms with Crippen LogP contribution < -0.4 is 10.6 Å². The van der Waals surface area contributed by atoms with Crippen LogP contribution in [0.2, 0.25) is 0 Å². The van der Waals surface area contributed by atoms with Crippen LogP contribution >= 0.6 is 0 Å². The van der Waals surface area contributed by atoms with Gasteiger partial charge in [0.1, 0.15) is 5.82 Å². The number of hydrogen-bond donors (Lipinski definition) is 3. The third-order valence-electron chi connectivity index (χ3n) is 2.20. The Morgan fingerprint density at radius 3 is 2.81 bits per heavy atom. The van der Waals surface area contributed by atoms with Gasteiger partial charge in [-0.1, -0.05) is 11.2 Å². The number of anilines is 1. The molecule has 0 aliphatic heterocycles. The van der Waals surface area contributed by atoms with Crippen molar-refractivity contribution in [3.8, 4) is 0 Å². The molecule has 5 nitrogen and oxygen atoms in total. The van der Waals surface area contributed by atoms with E-state index in [9.17, 15) is 4.39 Å². The second-order valence-electron chi connectivity index (χ2n) is 3.26. The van der Waals surface area contributed by atoms with Crippen LogP contribution in [0.15, 0.2) is 23.4 Å². The molecular weight excluding hydrogens is 213 g/mol. The van der Waals surface area contributed by atoms with Crippen LogP contribution in [0.4, 0.5) is 10.1 Å². The van der Waals surface area contributed by atoms with E-state index in [-0.39, 0.29) is 18.0 Å². The van der Waals surface area contributed by atoms with E-state index in [2.05, 4.69) is 5.16 Å². The predicted molar refractivity (Wildman–Crippen MR) is 59.3 cm³/mol. The van der Waals surface area contributed by atoms with Gasteiger partial charge in [-0.15, -0.1) is 0 Å². The highest BCUT2D eigenvalue weighted by Crippen LogP contribution is 2.21. The molecule has 0 unspecified atom stereocenters. The van der Waals surface area contributed by atoms with Crippen LogP contribution in [0.3, 0.4) is 0 Å². The number of aliphatic hydroxyl groups excluding tert-OH is 1. The van der Waals surface area contributed by atoms with Gasteiger partial charge in [0.15, 0.2) is 5.84 Å². The van der Waals surface area contributed by atoms with E-state index in [0.717, 1.165) is 0 Å². The number of hydrogen-bond acceptors (Lipinski definition) is 4. The van der Waals surface area contributed by atoms with Gasteiger partial charge in [-0.2, -0.15) is 0 Å². The summed E-state index contributed by atoms with van der Waals surface area (Å²) in [6, 6.07) is 4.38. The summed E-state index contributed by atoms with van der Waals surface area (Å²) in [4.78, 5) is 1.62. The first-order valence-electron chi connectivity index (χ1n) is 4.70.